The summed E-state index contributed by atoms with van der Waals surface area (Å²) in [5, 5.41) is 4.17. The number of aromatic nitrogens is 2. The highest BCUT2D eigenvalue weighted by Crippen LogP contribution is 2.12. The largest absolute Gasteiger partial charge is 0.311 e. The van der Waals surface area contributed by atoms with Gasteiger partial charge in [-0.05, 0) is 43.1 Å². The molecule has 0 amide bonds. The van der Waals surface area contributed by atoms with Crippen molar-refractivity contribution in [2.24, 2.45) is 0 Å². The summed E-state index contributed by atoms with van der Waals surface area (Å²) >= 11 is 5.97. The number of halogens is 1. The Labute approximate surface area is 129 Å². The van der Waals surface area contributed by atoms with Gasteiger partial charge in [0.25, 0.3) is 0 Å². The summed E-state index contributed by atoms with van der Waals surface area (Å²) in [7, 11) is 0. The van der Waals surface area contributed by atoms with Crippen LogP contribution < -0.4 is 5.32 Å². The SMILES string of the molecule is Cc1ccccc1CCNCc1cn2cc(Cl)ccc2n1. The smallest absolute Gasteiger partial charge is 0.137 e. The molecule has 0 spiro atoms. The molecule has 3 rings (SSSR count). The molecule has 1 aromatic carbocycles. The molecular formula is C17H18ClN3. The van der Waals surface area contributed by atoms with E-state index in [-0.39, 0.29) is 0 Å². The van der Waals surface area contributed by atoms with E-state index in [4.69, 9.17) is 11.6 Å². The Balaban J connectivity index is 1.56. The number of benzene rings is 1. The third-order valence-corrected chi connectivity index (χ3v) is 3.83. The van der Waals surface area contributed by atoms with E-state index in [0.29, 0.717) is 0 Å². The van der Waals surface area contributed by atoms with Crippen LogP contribution in [-0.2, 0) is 13.0 Å². The summed E-state index contributed by atoms with van der Waals surface area (Å²) in [4.78, 5) is 4.56. The number of hydrogen-bond acceptors (Lipinski definition) is 2. The average Bonchev–Trinajstić information content (AvgIpc) is 2.87. The zero-order valence-electron chi connectivity index (χ0n) is 12.0. The van der Waals surface area contributed by atoms with Gasteiger partial charge in [-0.25, -0.2) is 4.98 Å². The molecule has 4 heteroatoms. The molecule has 0 unspecified atom stereocenters. The number of pyridine rings is 1. The maximum atomic E-state index is 5.97. The van der Waals surface area contributed by atoms with Gasteiger partial charge in [0.15, 0.2) is 0 Å². The van der Waals surface area contributed by atoms with Gasteiger partial charge in [-0.2, -0.15) is 0 Å². The first-order valence-electron chi connectivity index (χ1n) is 7.11. The third-order valence-electron chi connectivity index (χ3n) is 3.60. The van der Waals surface area contributed by atoms with E-state index in [1.165, 1.54) is 11.1 Å². The lowest BCUT2D eigenvalue weighted by molar-refractivity contribution is 0.676. The summed E-state index contributed by atoms with van der Waals surface area (Å²) in [5.74, 6) is 0. The van der Waals surface area contributed by atoms with Crippen molar-refractivity contribution in [1.29, 1.82) is 0 Å². The van der Waals surface area contributed by atoms with Crippen molar-refractivity contribution in [2.75, 3.05) is 6.54 Å². The van der Waals surface area contributed by atoms with E-state index in [1.807, 2.05) is 28.9 Å². The minimum absolute atomic E-state index is 0.721. The molecule has 0 aliphatic rings. The molecule has 0 radical (unpaired) electrons. The van der Waals surface area contributed by atoms with E-state index in [1.54, 1.807) is 0 Å². The van der Waals surface area contributed by atoms with Crippen molar-refractivity contribution < 1.29 is 0 Å². The van der Waals surface area contributed by atoms with Crippen molar-refractivity contribution >= 4 is 17.2 Å². The van der Waals surface area contributed by atoms with Crippen LogP contribution >= 0.6 is 11.6 Å². The standard InChI is InChI=1S/C17H18ClN3/c1-13-4-2-3-5-14(13)8-9-19-10-16-12-21-11-15(18)6-7-17(21)20-16/h2-7,11-12,19H,8-10H2,1H3. The van der Waals surface area contributed by atoms with Crippen LogP contribution in [0.5, 0.6) is 0 Å². The van der Waals surface area contributed by atoms with E-state index < -0.39 is 0 Å². The van der Waals surface area contributed by atoms with E-state index in [9.17, 15) is 0 Å². The van der Waals surface area contributed by atoms with Gasteiger partial charge >= 0.3 is 0 Å². The van der Waals surface area contributed by atoms with Crippen molar-refractivity contribution in [2.45, 2.75) is 19.9 Å². The number of rotatable bonds is 5. The summed E-state index contributed by atoms with van der Waals surface area (Å²) in [6, 6.07) is 12.3. The Morgan fingerprint density at radius 1 is 1.14 bits per heavy atom. The van der Waals surface area contributed by atoms with Gasteiger partial charge in [0, 0.05) is 18.9 Å². The number of imidazole rings is 1. The van der Waals surface area contributed by atoms with Crippen LogP contribution in [0, 0.1) is 6.92 Å². The first kappa shape index (κ1) is 14.1. The average molecular weight is 300 g/mol. The normalized spacial score (nSPS) is 11.1. The summed E-state index contributed by atoms with van der Waals surface area (Å²) < 4.78 is 1.96. The monoisotopic (exact) mass is 299 g/mol. The Hall–Kier alpha value is -1.84. The highest BCUT2D eigenvalue weighted by atomic mass is 35.5. The van der Waals surface area contributed by atoms with Gasteiger partial charge in [0.1, 0.15) is 5.65 Å². The molecule has 0 aliphatic heterocycles. The summed E-state index contributed by atoms with van der Waals surface area (Å²) in [6.45, 7) is 3.87. The zero-order chi connectivity index (χ0) is 14.7. The van der Waals surface area contributed by atoms with Crippen LogP contribution in [0.4, 0.5) is 0 Å². The van der Waals surface area contributed by atoms with Crippen LogP contribution in [0.2, 0.25) is 5.02 Å². The van der Waals surface area contributed by atoms with Crippen LogP contribution in [-0.4, -0.2) is 15.9 Å². The zero-order valence-corrected chi connectivity index (χ0v) is 12.8. The Morgan fingerprint density at radius 2 is 2.00 bits per heavy atom. The minimum atomic E-state index is 0.721. The predicted octanol–water partition coefficient (Wildman–Crippen LogP) is 3.63. The van der Waals surface area contributed by atoms with Gasteiger partial charge in [-0.15, -0.1) is 0 Å². The molecule has 0 aliphatic carbocycles. The number of nitrogens with zero attached hydrogens (tertiary/aromatic N) is 2. The predicted molar refractivity (Wildman–Crippen MR) is 86.8 cm³/mol. The number of hydrogen-bond donors (Lipinski definition) is 1. The van der Waals surface area contributed by atoms with Gasteiger partial charge in [0.2, 0.25) is 0 Å². The fraction of sp³-hybridized carbons (Fsp3) is 0.235. The lowest BCUT2D eigenvalue weighted by Crippen LogP contribution is -2.17. The number of fused-ring (bicyclic) bond motifs is 1. The Morgan fingerprint density at radius 3 is 2.86 bits per heavy atom. The molecule has 2 aromatic heterocycles. The molecule has 0 bridgehead atoms. The molecule has 1 N–H and O–H groups in total. The van der Waals surface area contributed by atoms with Gasteiger partial charge in [-0.3, -0.25) is 0 Å². The Kier molecular flexibility index (Phi) is 4.23. The van der Waals surface area contributed by atoms with Gasteiger partial charge in [0.05, 0.1) is 10.7 Å². The van der Waals surface area contributed by atoms with Crippen LogP contribution in [0.3, 0.4) is 0 Å². The molecule has 0 atom stereocenters. The quantitative estimate of drug-likeness (QED) is 0.729. The summed E-state index contributed by atoms with van der Waals surface area (Å²) in [6.07, 6.45) is 4.93. The molecule has 0 fully saturated rings. The van der Waals surface area contributed by atoms with E-state index >= 15 is 0 Å². The molecular weight excluding hydrogens is 282 g/mol. The summed E-state index contributed by atoms with van der Waals surface area (Å²) in [5.41, 5.74) is 4.70. The second-order valence-corrected chi connectivity index (χ2v) is 5.63. The van der Waals surface area contributed by atoms with Crippen molar-refractivity contribution in [3.63, 3.8) is 0 Å². The maximum absolute atomic E-state index is 5.97. The topological polar surface area (TPSA) is 29.3 Å². The van der Waals surface area contributed by atoms with Crippen molar-refractivity contribution in [1.82, 2.24) is 14.7 Å². The molecule has 0 saturated carbocycles. The second-order valence-electron chi connectivity index (χ2n) is 5.20. The minimum Gasteiger partial charge on any atom is -0.311 e. The van der Waals surface area contributed by atoms with Gasteiger partial charge < -0.3 is 9.72 Å². The fourth-order valence-corrected chi connectivity index (χ4v) is 2.60. The molecule has 21 heavy (non-hydrogen) atoms. The van der Waals surface area contributed by atoms with Crippen LogP contribution in [0.25, 0.3) is 5.65 Å². The first-order valence-corrected chi connectivity index (χ1v) is 7.48. The van der Waals surface area contributed by atoms with Crippen LogP contribution in [0.1, 0.15) is 16.8 Å². The van der Waals surface area contributed by atoms with Crippen molar-refractivity contribution in [3.05, 3.63) is 70.6 Å². The molecule has 3 aromatic rings. The molecule has 3 nitrogen and oxygen atoms in total. The lowest BCUT2D eigenvalue weighted by Gasteiger charge is -2.06. The first-order chi connectivity index (χ1) is 10.2. The van der Waals surface area contributed by atoms with Crippen molar-refractivity contribution in [3.8, 4) is 0 Å². The molecule has 0 saturated heterocycles. The van der Waals surface area contributed by atoms with E-state index in [0.717, 1.165) is 35.9 Å². The Bertz CT molecular complexity index is 749. The lowest BCUT2D eigenvalue weighted by atomic mass is 10.1. The fourth-order valence-electron chi connectivity index (χ4n) is 2.43. The highest BCUT2D eigenvalue weighted by molar-refractivity contribution is 6.30. The number of nitrogens with one attached hydrogen (secondary N) is 1. The highest BCUT2D eigenvalue weighted by Gasteiger charge is 2.02. The molecule has 2 heterocycles. The third kappa shape index (κ3) is 3.43. The van der Waals surface area contributed by atoms with Gasteiger partial charge in [-0.1, -0.05) is 35.9 Å². The van der Waals surface area contributed by atoms with E-state index in [2.05, 4.69) is 41.5 Å². The number of aryl methyl sites for hydroxylation is 1. The van der Waals surface area contributed by atoms with Crippen LogP contribution in [0.15, 0.2) is 48.8 Å². The maximum Gasteiger partial charge on any atom is 0.137 e. The molecule has 108 valence electrons. The second kappa shape index (κ2) is 6.29.